The number of hydrogen-bond donors (Lipinski definition) is 1. The SMILES string of the molecule is O=C(Nc1ccn(-c2ccccc2)n1)c1ccc(CN2C(=O)c3ccccc3C2=O)cc1. The molecular formula is C25H18N4O3. The molecule has 1 N–H and O–H groups in total. The number of amides is 3. The highest BCUT2D eigenvalue weighted by Gasteiger charge is 2.34. The second-order valence-corrected chi connectivity index (χ2v) is 7.37. The Morgan fingerprint density at radius 1 is 0.781 bits per heavy atom. The van der Waals surface area contributed by atoms with Gasteiger partial charge in [0.2, 0.25) is 0 Å². The third-order valence-electron chi connectivity index (χ3n) is 5.29. The molecule has 0 unspecified atom stereocenters. The fourth-order valence-electron chi connectivity index (χ4n) is 3.63. The molecule has 0 bridgehead atoms. The van der Waals surface area contributed by atoms with Crippen LogP contribution in [0.4, 0.5) is 5.82 Å². The number of imide groups is 1. The highest BCUT2D eigenvalue weighted by Crippen LogP contribution is 2.24. The fraction of sp³-hybridized carbons (Fsp3) is 0.0400. The second-order valence-electron chi connectivity index (χ2n) is 7.37. The molecule has 1 aromatic heterocycles. The Morgan fingerprint density at radius 3 is 2.06 bits per heavy atom. The smallest absolute Gasteiger partial charge is 0.261 e. The number of carbonyl (C=O) groups excluding carboxylic acids is 3. The molecule has 0 saturated heterocycles. The average molecular weight is 422 g/mol. The molecule has 4 aromatic rings. The molecule has 3 aromatic carbocycles. The molecule has 0 spiro atoms. The van der Waals surface area contributed by atoms with Crippen LogP contribution in [0, 0.1) is 0 Å². The van der Waals surface area contributed by atoms with Crippen molar-refractivity contribution in [2.75, 3.05) is 5.32 Å². The number of para-hydroxylation sites is 1. The minimum absolute atomic E-state index is 0.149. The van der Waals surface area contributed by atoms with E-state index in [0.29, 0.717) is 22.5 Å². The van der Waals surface area contributed by atoms with E-state index in [4.69, 9.17) is 0 Å². The van der Waals surface area contributed by atoms with Crippen molar-refractivity contribution in [1.29, 1.82) is 0 Å². The van der Waals surface area contributed by atoms with Gasteiger partial charge in [-0.15, -0.1) is 0 Å². The van der Waals surface area contributed by atoms with Gasteiger partial charge in [0.15, 0.2) is 5.82 Å². The second kappa shape index (κ2) is 7.96. The molecule has 0 radical (unpaired) electrons. The quantitative estimate of drug-likeness (QED) is 0.494. The molecule has 7 nitrogen and oxygen atoms in total. The summed E-state index contributed by atoms with van der Waals surface area (Å²) in [5.41, 5.74) is 2.94. The molecule has 32 heavy (non-hydrogen) atoms. The van der Waals surface area contributed by atoms with Crippen LogP contribution < -0.4 is 5.32 Å². The lowest BCUT2D eigenvalue weighted by molar-refractivity contribution is 0.0642. The first-order chi connectivity index (χ1) is 15.6. The van der Waals surface area contributed by atoms with Crippen molar-refractivity contribution in [3.63, 3.8) is 0 Å². The average Bonchev–Trinajstić information content (AvgIpc) is 3.39. The van der Waals surface area contributed by atoms with Crippen molar-refractivity contribution in [1.82, 2.24) is 14.7 Å². The Hall–Kier alpha value is -4.52. The molecule has 7 heteroatoms. The maximum atomic E-state index is 12.6. The van der Waals surface area contributed by atoms with Gasteiger partial charge in [0, 0.05) is 17.8 Å². The largest absolute Gasteiger partial charge is 0.305 e. The molecule has 3 amide bonds. The summed E-state index contributed by atoms with van der Waals surface area (Å²) < 4.78 is 1.68. The summed E-state index contributed by atoms with van der Waals surface area (Å²) in [4.78, 5) is 38.9. The Labute approximate surface area is 183 Å². The van der Waals surface area contributed by atoms with E-state index in [2.05, 4.69) is 10.4 Å². The summed E-state index contributed by atoms with van der Waals surface area (Å²) in [6.45, 7) is 0.149. The molecule has 0 fully saturated rings. The third-order valence-corrected chi connectivity index (χ3v) is 5.29. The van der Waals surface area contributed by atoms with E-state index in [0.717, 1.165) is 11.3 Å². The minimum Gasteiger partial charge on any atom is -0.305 e. The van der Waals surface area contributed by atoms with Crippen LogP contribution in [-0.4, -0.2) is 32.4 Å². The van der Waals surface area contributed by atoms with Crippen molar-refractivity contribution in [3.05, 3.63) is 113 Å². The van der Waals surface area contributed by atoms with Gasteiger partial charge in [-0.3, -0.25) is 19.3 Å². The number of nitrogens with zero attached hydrogens (tertiary/aromatic N) is 3. The topological polar surface area (TPSA) is 84.3 Å². The zero-order valence-electron chi connectivity index (χ0n) is 16.9. The van der Waals surface area contributed by atoms with Gasteiger partial charge < -0.3 is 5.32 Å². The van der Waals surface area contributed by atoms with Crippen LogP contribution in [0.1, 0.15) is 36.6 Å². The molecule has 1 aliphatic rings. The Morgan fingerprint density at radius 2 is 1.41 bits per heavy atom. The van der Waals surface area contributed by atoms with Crippen LogP contribution in [0.15, 0.2) is 91.1 Å². The van der Waals surface area contributed by atoms with Gasteiger partial charge in [-0.05, 0) is 42.0 Å². The van der Waals surface area contributed by atoms with Crippen LogP contribution in [0.3, 0.4) is 0 Å². The number of nitrogens with one attached hydrogen (secondary N) is 1. The predicted octanol–water partition coefficient (Wildman–Crippen LogP) is 3.92. The van der Waals surface area contributed by atoms with Crippen molar-refractivity contribution in [2.45, 2.75) is 6.54 Å². The summed E-state index contributed by atoms with van der Waals surface area (Å²) >= 11 is 0. The summed E-state index contributed by atoms with van der Waals surface area (Å²) in [5.74, 6) is -0.465. The fourth-order valence-corrected chi connectivity index (χ4v) is 3.63. The van der Waals surface area contributed by atoms with Crippen molar-refractivity contribution in [3.8, 4) is 5.69 Å². The zero-order valence-corrected chi connectivity index (χ0v) is 16.9. The van der Waals surface area contributed by atoms with Gasteiger partial charge in [-0.1, -0.05) is 42.5 Å². The first-order valence-electron chi connectivity index (χ1n) is 10.1. The number of aromatic nitrogens is 2. The molecule has 1 aliphatic heterocycles. The van der Waals surface area contributed by atoms with Gasteiger partial charge in [0.05, 0.1) is 23.4 Å². The number of fused-ring (bicyclic) bond motifs is 1. The normalized spacial score (nSPS) is 12.7. The summed E-state index contributed by atoms with van der Waals surface area (Å²) in [6, 6.07) is 24.9. The zero-order chi connectivity index (χ0) is 22.1. The molecule has 156 valence electrons. The molecule has 5 rings (SSSR count). The van der Waals surface area contributed by atoms with Gasteiger partial charge >= 0.3 is 0 Å². The number of rotatable bonds is 5. The number of carbonyl (C=O) groups is 3. The number of hydrogen-bond acceptors (Lipinski definition) is 4. The number of benzene rings is 3. The van der Waals surface area contributed by atoms with Gasteiger partial charge in [0.25, 0.3) is 17.7 Å². The van der Waals surface area contributed by atoms with E-state index < -0.39 is 0 Å². The maximum Gasteiger partial charge on any atom is 0.261 e. The molecule has 0 aliphatic carbocycles. The predicted molar refractivity (Wildman–Crippen MR) is 119 cm³/mol. The summed E-state index contributed by atoms with van der Waals surface area (Å²) in [5, 5.41) is 7.15. The van der Waals surface area contributed by atoms with Crippen LogP contribution in [-0.2, 0) is 6.54 Å². The number of anilines is 1. The highest BCUT2D eigenvalue weighted by molar-refractivity contribution is 6.21. The molecule has 2 heterocycles. The van der Waals surface area contributed by atoms with E-state index in [1.165, 1.54) is 4.90 Å². The van der Waals surface area contributed by atoms with Crippen molar-refractivity contribution in [2.24, 2.45) is 0 Å². The van der Waals surface area contributed by atoms with Crippen molar-refractivity contribution >= 4 is 23.5 Å². The lowest BCUT2D eigenvalue weighted by atomic mass is 10.1. The monoisotopic (exact) mass is 422 g/mol. The maximum absolute atomic E-state index is 12.6. The Kier molecular flexibility index (Phi) is 4.84. The van der Waals surface area contributed by atoms with E-state index in [1.807, 2.05) is 30.3 Å². The van der Waals surface area contributed by atoms with E-state index in [1.54, 1.807) is 65.5 Å². The third kappa shape index (κ3) is 3.56. The van der Waals surface area contributed by atoms with Crippen LogP contribution in [0.2, 0.25) is 0 Å². The van der Waals surface area contributed by atoms with Gasteiger partial charge in [0.1, 0.15) is 0 Å². The standard InChI is InChI=1S/C25H18N4O3/c30-23(26-22-14-15-29(27-22)19-6-2-1-3-7-19)18-12-10-17(11-13-18)16-28-24(31)20-8-4-5-9-21(20)25(28)32/h1-15H,16H2,(H,26,27,30). The first-order valence-corrected chi connectivity index (χ1v) is 10.1. The highest BCUT2D eigenvalue weighted by atomic mass is 16.2. The van der Waals surface area contributed by atoms with E-state index in [-0.39, 0.29) is 24.3 Å². The summed E-state index contributed by atoms with van der Waals surface area (Å²) in [6.07, 6.45) is 1.77. The molecule has 0 saturated carbocycles. The van der Waals surface area contributed by atoms with Crippen LogP contribution in [0.25, 0.3) is 5.69 Å². The van der Waals surface area contributed by atoms with Gasteiger partial charge in [-0.25, -0.2) is 4.68 Å². The lowest BCUT2D eigenvalue weighted by Crippen LogP contribution is -2.29. The summed E-state index contributed by atoms with van der Waals surface area (Å²) in [7, 11) is 0. The van der Waals surface area contributed by atoms with Crippen LogP contribution >= 0.6 is 0 Å². The molecule has 0 atom stereocenters. The minimum atomic E-state index is -0.304. The van der Waals surface area contributed by atoms with Gasteiger partial charge in [-0.2, -0.15) is 5.10 Å². The lowest BCUT2D eigenvalue weighted by Gasteiger charge is -2.14. The van der Waals surface area contributed by atoms with E-state index >= 15 is 0 Å². The van der Waals surface area contributed by atoms with E-state index in [9.17, 15) is 14.4 Å². The molecular weight excluding hydrogens is 404 g/mol. The Balaban J connectivity index is 1.25. The van der Waals surface area contributed by atoms with Crippen molar-refractivity contribution < 1.29 is 14.4 Å². The first kappa shape index (κ1) is 19.4. The Bertz CT molecular complexity index is 1290. The van der Waals surface area contributed by atoms with Crippen LogP contribution in [0.5, 0.6) is 0 Å².